The minimum Gasteiger partial charge on any atom is -0.495 e. The van der Waals surface area contributed by atoms with Crippen LogP contribution in [-0.2, 0) is 4.79 Å². The maximum atomic E-state index is 12.2. The first-order chi connectivity index (χ1) is 10.5. The number of methoxy groups -OCH3 is 1. The Morgan fingerprint density at radius 3 is 2.59 bits per heavy atom. The first-order valence-electron chi connectivity index (χ1n) is 6.70. The molecule has 4 nitrogen and oxygen atoms in total. The SMILES string of the molecule is COc1ccc(N2C(=O)C(N)C2c2cccc(Cl)c2)cc1Cl. The number of halogens is 2. The fourth-order valence-electron chi connectivity index (χ4n) is 2.65. The van der Waals surface area contributed by atoms with Crippen LogP contribution in [-0.4, -0.2) is 19.1 Å². The van der Waals surface area contributed by atoms with Crippen LogP contribution in [0.2, 0.25) is 10.0 Å². The Morgan fingerprint density at radius 1 is 1.18 bits per heavy atom. The molecule has 2 atom stereocenters. The van der Waals surface area contributed by atoms with E-state index in [2.05, 4.69) is 0 Å². The lowest BCUT2D eigenvalue weighted by atomic mass is 9.88. The monoisotopic (exact) mass is 336 g/mol. The molecule has 22 heavy (non-hydrogen) atoms. The summed E-state index contributed by atoms with van der Waals surface area (Å²) in [5, 5.41) is 1.05. The highest BCUT2D eigenvalue weighted by atomic mass is 35.5. The van der Waals surface area contributed by atoms with Gasteiger partial charge in [-0.3, -0.25) is 4.79 Å². The van der Waals surface area contributed by atoms with E-state index in [1.807, 2.05) is 18.2 Å². The van der Waals surface area contributed by atoms with Crippen molar-refractivity contribution in [3.8, 4) is 5.75 Å². The number of rotatable bonds is 3. The minimum absolute atomic E-state index is 0.147. The number of hydrogen-bond acceptors (Lipinski definition) is 3. The van der Waals surface area contributed by atoms with Crippen LogP contribution in [0, 0.1) is 0 Å². The second-order valence-corrected chi connectivity index (χ2v) is 5.90. The Morgan fingerprint density at radius 2 is 1.95 bits per heavy atom. The molecule has 2 N–H and O–H groups in total. The van der Waals surface area contributed by atoms with Crippen molar-refractivity contribution in [3.05, 3.63) is 58.1 Å². The first-order valence-corrected chi connectivity index (χ1v) is 7.46. The Kier molecular flexibility index (Phi) is 4.00. The van der Waals surface area contributed by atoms with E-state index < -0.39 is 6.04 Å². The fraction of sp³-hybridized carbons (Fsp3) is 0.188. The molecular formula is C16H14Cl2N2O2. The molecule has 0 aromatic heterocycles. The summed E-state index contributed by atoms with van der Waals surface area (Å²) in [6, 6.07) is 11.7. The Balaban J connectivity index is 1.98. The van der Waals surface area contributed by atoms with Gasteiger partial charge in [-0.1, -0.05) is 35.3 Å². The fourth-order valence-corrected chi connectivity index (χ4v) is 3.10. The number of carbonyl (C=O) groups excluding carboxylic acids is 1. The van der Waals surface area contributed by atoms with Crippen LogP contribution in [0.4, 0.5) is 5.69 Å². The van der Waals surface area contributed by atoms with Gasteiger partial charge in [-0.05, 0) is 35.9 Å². The number of anilines is 1. The maximum absolute atomic E-state index is 12.2. The van der Waals surface area contributed by atoms with Crippen LogP contribution in [0.5, 0.6) is 5.75 Å². The largest absolute Gasteiger partial charge is 0.495 e. The highest BCUT2D eigenvalue weighted by molar-refractivity contribution is 6.32. The first kappa shape index (κ1) is 15.2. The number of carbonyl (C=O) groups is 1. The van der Waals surface area contributed by atoms with E-state index in [1.54, 1.807) is 36.3 Å². The summed E-state index contributed by atoms with van der Waals surface area (Å²) in [6.45, 7) is 0. The number of β-lactam (4-membered cyclic amide) rings is 1. The lowest BCUT2D eigenvalue weighted by molar-refractivity contribution is -0.126. The third-order valence-corrected chi connectivity index (χ3v) is 4.28. The van der Waals surface area contributed by atoms with Crippen molar-refractivity contribution >= 4 is 34.8 Å². The van der Waals surface area contributed by atoms with E-state index in [4.69, 9.17) is 33.7 Å². The van der Waals surface area contributed by atoms with Crippen molar-refractivity contribution in [1.29, 1.82) is 0 Å². The van der Waals surface area contributed by atoms with Crippen LogP contribution in [0.3, 0.4) is 0 Å². The average molecular weight is 337 g/mol. The smallest absolute Gasteiger partial charge is 0.247 e. The number of ether oxygens (including phenoxy) is 1. The van der Waals surface area contributed by atoms with Crippen molar-refractivity contribution < 1.29 is 9.53 Å². The normalized spacial score (nSPS) is 20.7. The minimum atomic E-state index is -0.584. The molecule has 2 unspecified atom stereocenters. The highest BCUT2D eigenvalue weighted by Gasteiger charge is 2.46. The van der Waals surface area contributed by atoms with E-state index in [0.29, 0.717) is 21.5 Å². The summed E-state index contributed by atoms with van der Waals surface area (Å²) in [5.74, 6) is 0.410. The summed E-state index contributed by atoms with van der Waals surface area (Å²) in [5.41, 5.74) is 7.56. The second kappa shape index (κ2) is 5.80. The summed E-state index contributed by atoms with van der Waals surface area (Å²) < 4.78 is 5.13. The molecule has 0 saturated carbocycles. The van der Waals surface area contributed by atoms with Gasteiger partial charge < -0.3 is 15.4 Å². The number of hydrogen-bond donors (Lipinski definition) is 1. The number of nitrogens with two attached hydrogens (primary N) is 1. The molecular weight excluding hydrogens is 323 g/mol. The number of nitrogens with zero attached hydrogens (tertiary/aromatic N) is 1. The summed E-state index contributed by atoms with van der Waals surface area (Å²) >= 11 is 12.2. The molecule has 3 rings (SSSR count). The van der Waals surface area contributed by atoms with E-state index in [0.717, 1.165) is 5.56 Å². The Labute approximate surface area is 138 Å². The van der Waals surface area contributed by atoms with Crippen LogP contribution >= 0.6 is 23.2 Å². The number of amides is 1. The average Bonchev–Trinajstić information content (AvgIpc) is 2.51. The zero-order valence-corrected chi connectivity index (χ0v) is 13.3. The molecule has 0 radical (unpaired) electrons. The van der Waals surface area contributed by atoms with Crippen LogP contribution < -0.4 is 15.4 Å². The molecule has 0 bridgehead atoms. The van der Waals surface area contributed by atoms with Gasteiger partial charge in [-0.2, -0.15) is 0 Å². The van der Waals surface area contributed by atoms with Gasteiger partial charge in [0, 0.05) is 10.7 Å². The third kappa shape index (κ3) is 2.43. The van der Waals surface area contributed by atoms with E-state index in [9.17, 15) is 4.79 Å². The van der Waals surface area contributed by atoms with Gasteiger partial charge >= 0.3 is 0 Å². The molecule has 1 saturated heterocycles. The van der Waals surface area contributed by atoms with Gasteiger partial charge in [0.25, 0.3) is 0 Å². The lowest BCUT2D eigenvalue weighted by Gasteiger charge is -2.45. The van der Waals surface area contributed by atoms with Crippen molar-refractivity contribution in [1.82, 2.24) is 0 Å². The topological polar surface area (TPSA) is 55.6 Å². The van der Waals surface area contributed by atoms with Crippen molar-refractivity contribution in [2.24, 2.45) is 5.73 Å². The van der Waals surface area contributed by atoms with E-state index >= 15 is 0 Å². The van der Waals surface area contributed by atoms with E-state index in [1.165, 1.54) is 0 Å². The molecule has 6 heteroatoms. The molecule has 0 aliphatic carbocycles. The molecule has 114 valence electrons. The molecule has 1 amide bonds. The van der Waals surface area contributed by atoms with Crippen molar-refractivity contribution in [2.75, 3.05) is 12.0 Å². The zero-order valence-electron chi connectivity index (χ0n) is 11.8. The van der Waals surface area contributed by atoms with E-state index in [-0.39, 0.29) is 11.9 Å². The van der Waals surface area contributed by atoms with Gasteiger partial charge in [0.15, 0.2) is 0 Å². The highest BCUT2D eigenvalue weighted by Crippen LogP contribution is 2.40. The van der Waals surface area contributed by atoms with Gasteiger partial charge in [-0.15, -0.1) is 0 Å². The standard InChI is InChI=1S/C16H14Cl2N2O2/c1-22-13-6-5-11(8-12(13)18)20-15(14(19)16(20)21)9-3-2-4-10(17)7-9/h2-8,14-15H,19H2,1H3. The quantitative estimate of drug-likeness (QED) is 0.873. The summed E-state index contributed by atoms with van der Waals surface area (Å²) in [7, 11) is 1.54. The van der Waals surface area contributed by atoms with Crippen molar-refractivity contribution in [3.63, 3.8) is 0 Å². The van der Waals surface area contributed by atoms with Crippen LogP contribution in [0.15, 0.2) is 42.5 Å². The molecule has 1 fully saturated rings. The van der Waals surface area contributed by atoms with Gasteiger partial charge in [-0.25, -0.2) is 0 Å². The van der Waals surface area contributed by atoms with Gasteiger partial charge in [0.05, 0.1) is 18.2 Å². The Hall–Kier alpha value is -1.75. The summed E-state index contributed by atoms with van der Waals surface area (Å²) in [6.07, 6.45) is 0. The summed E-state index contributed by atoms with van der Waals surface area (Å²) in [4.78, 5) is 13.8. The zero-order chi connectivity index (χ0) is 15.9. The van der Waals surface area contributed by atoms with Crippen LogP contribution in [0.25, 0.3) is 0 Å². The molecule has 1 aliphatic heterocycles. The predicted octanol–water partition coefficient (Wildman–Crippen LogP) is 3.42. The lowest BCUT2D eigenvalue weighted by Crippen LogP contribution is -2.63. The second-order valence-electron chi connectivity index (χ2n) is 5.05. The molecule has 1 aliphatic rings. The van der Waals surface area contributed by atoms with Crippen LogP contribution in [0.1, 0.15) is 11.6 Å². The third-order valence-electron chi connectivity index (χ3n) is 3.74. The predicted molar refractivity (Wildman–Crippen MR) is 87.7 cm³/mol. The molecule has 2 aromatic carbocycles. The molecule has 0 spiro atoms. The maximum Gasteiger partial charge on any atom is 0.247 e. The molecule has 2 aromatic rings. The van der Waals surface area contributed by atoms with Crippen molar-refractivity contribution in [2.45, 2.75) is 12.1 Å². The van der Waals surface area contributed by atoms with Gasteiger partial charge in [0.2, 0.25) is 5.91 Å². The Bertz CT molecular complexity index is 736. The number of benzene rings is 2. The van der Waals surface area contributed by atoms with Gasteiger partial charge in [0.1, 0.15) is 11.8 Å². The molecule has 1 heterocycles.